The van der Waals surface area contributed by atoms with E-state index in [1.165, 1.54) is 34.4 Å². The first-order valence-electron chi connectivity index (χ1n) is 13.5. The maximum atomic E-state index is 13.2. The highest BCUT2D eigenvalue weighted by Gasteiger charge is 2.54. The summed E-state index contributed by atoms with van der Waals surface area (Å²) in [7, 11) is 1.36. The van der Waals surface area contributed by atoms with E-state index in [1.54, 1.807) is 6.92 Å². The van der Waals surface area contributed by atoms with Gasteiger partial charge in [0.15, 0.2) is 5.54 Å². The normalized spacial score (nSPS) is 18.2. The molecule has 0 radical (unpaired) electrons. The number of alkyl halides is 1. The van der Waals surface area contributed by atoms with Crippen LogP contribution in [0.15, 0.2) is 48.7 Å². The molecule has 0 fully saturated rings. The number of methoxy groups -OCH3 is 1. The van der Waals surface area contributed by atoms with E-state index in [9.17, 15) is 14.0 Å². The van der Waals surface area contributed by atoms with Crippen molar-refractivity contribution in [2.45, 2.75) is 84.0 Å². The number of nitrogens with zero attached hydrogens (tertiary/aromatic N) is 2. The number of hydrogen-bond donors (Lipinski definition) is 1. The fourth-order valence-electron chi connectivity index (χ4n) is 5.48. The van der Waals surface area contributed by atoms with E-state index >= 15 is 0 Å². The van der Waals surface area contributed by atoms with Gasteiger partial charge in [-0.05, 0) is 75.3 Å². The van der Waals surface area contributed by atoms with Gasteiger partial charge in [-0.1, -0.05) is 49.7 Å². The second kappa shape index (κ2) is 11.2. The van der Waals surface area contributed by atoms with Gasteiger partial charge in [0, 0.05) is 17.7 Å². The predicted molar refractivity (Wildman–Crippen MR) is 149 cm³/mol. The van der Waals surface area contributed by atoms with E-state index in [0.717, 1.165) is 36.1 Å². The number of rotatable bonds is 4. The first kappa shape index (κ1) is 28.3. The Bertz CT molecular complexity index is 1340. The van der Waals surface area contributed by atoms with Crippen molar-refractivity contribution in [3.63, 3.8) is 0 Å². The lowest BCUT2D eigenvalue weighted by Gasteiger charge is -2.37. The van der Waals surface area contributed by atoms with E-state index in [2.05, 4.69) is 10.2 Å². The lowest BCUT2D eigenvalue weighted by molar-refractivity contribution is -0.147. The molecule has 3 aromatic rings. The van der Waals surface area contributed by atoms with Gasteiger partial charge in [-0.25, -0.2) is 14.0 Å². The van der Waals surface area contributed by atoms with Crippen LogP contribution in [0.5, 0.6) is 0 Å². The molecule has 1 aromatic heterocycles. The van der Waals surface area contributed by atoms with Crippen LogP contribution >= 0.6 is 0 Å². The summed E-state index contributed by atoms with van der Waals surface area (Å²) in [6.45, 7) is 9.00. The number of benzene rings is 2. The summed E-state index contributed by atoms with van der Waals surface area (Å²) in [5.41, 5.74) is 5.56. The lowest BCUT2D eigenvalue weighted by atomic mass is 9.88. The minimum Gasteiger partial charge on any atom is -0.467 e. The number of anilines is 1. The molecule has 39 heavy (non-hydrogen) atoms. The molecule has 1 aliphatic heterocycles. The third kappa shape index (κ3) is 5.70. The fourth-order valence-corrected chi connectivity index (χ4v) is 5.48. The summed E-state index contributed by atoms with van der Waals surface area (Å²) in [4.78, 5) is 26.9. The number of aromatic nitrogens is 2. The van der Waals surface area contributed by atoms with Crippen molar-refractivity contribution in [2.75, 3.05) is 12.0 Å². The van der Waals surface area contributed by atoms with Crippen LogP contribution in [0.25, 0.3) is 11.1 Å². The molecule has 208 valence electrons. The molecule has 7 nitrogen and oxygen atoms in total. The van der Waals surface area contributed by atoms with E-state index in [-0.39, 0.29) is 0 Å². The van der Waals surface area contributed by atoms with Crippen LogP contribution in [0, 0.1) is 0 Å². The van der Waals surface area contributed by atoms with Crippen LogP contribution in [-0.2, 0) is 33.5 Å². The van der Waals surface area contributed by atoms with E-state index < -0.39 is 29.4 Å². The van der Waals surface area contributed by atoms with Crippen molar-refractivity contribution in [3.05, 3.63) is 71.0 Å². The smallest absolute Gasteiger partial charge is 0.415 e. The molecule has 8 heteroatoms. The molecule has 1 N–H and O–H groups in total. The van der Waals surface area contributed by atoms with Crippen LogP contribution in [-0.4, -0.2) is 40.5 Å². The van der Waals surface area contributed by atoms with Crippen LogP contribution in [0.4, 0.5) is 14.9 Å². The number of aromatic amines is 1. The maximum absolute atomic E-state index is 13.2. The number of esters is 1. The van der Waals surface area contributed by atoms with E-state index in [1.807, 2.05) is 76.4 Å². The summed E-state index contributed by atoms with van der Waals surface area (Å²) in [5, 5.41) is 7.07. The molecular formula is C31H38FN3O4. The van der Waals surface area contributed by atoms with Crippen LogP contribution in [0.3, 0.4) is 0 Å². The maximum Gasteiger partial charge on any atom is 0.415 e. The van der Waals surface area contributed by atoms with Crippen molar-refractivity contribution in [2.24, 2.45) is 0 Å². The summed E-state index contributed by atoms with van der Waals surface area (Å²) in [6, 6.07) is 13.4. The Hall–Kier alpha value is -3.68. The first-order chi connectivity index (χ1) is 18.5. The quantitative estimate of drug-likeness (QED) is 0.367. The van der Waals surface area contributed by atoms with Gasteiger partial charge in [-0.2, -0.15) is 5.10 Å². The van der Waals surface area contributed by atoms with Gasteiger partial charge < -0.3 is 9.47 Å². The Morgan fingerprint density at radius 1 is 1.13 bits per heavy atom. The first-order valence-corrected chi connectivity index (χ1v) is 13.5. The number of halogens is 1. The van der Waals surface area contributed by atoms with E-state index in [4.69, 9.17) is 9.47 Å². The number of para-hydroxylation sites is 1. The molecule has 1 amide bonds. The number of nitrogens with one attached hydrogen (secondary N) is 1. The molecule has 0 bridgehead atoms. The number of hydrogen-bond acceptors (Lipinski definition) is 5. The monoisotopic (exact) mass is 535 g/mol. The summed E-state index contributed by atoms with van der Waals surface area (Å²) in [6.07, 6.45) is 4.10. The number of carbonyl (C=O) groups is 2. The van der Waals surface area contributed by atoms with Gasteiger partial charge in [0.25, 0.3) is 0 Å². The minimum absolute atomic E-state index is 0.401. The lowest BCUT2D eigenvalue weighted by Crippen LogP contribution is -2.57. The standard InChI is InChI=1S/C18H25NO4.C13H13FN2/c1-6-11-18(15(20)22-5)12-13-9-7-8-10-14(13)19(18)16(21)23-17(2,3)4;1-8(14)9-2-4-11-10(6-9)3-5-13-12(11)7-15-16-13/h7-10H,6,11-12H2,1-5H3;2,4,6-8H,3,5H2,1H3,(H,15,16)/t;8-/m.0/s1. The Morgan fingerprint density at radius 2 is 1.87 bits per heavy atom. The molecule has 1 unspecified atom stereocenters. The Balaban J connectivity index is 0.000000192. The number of fused-ring (bicyclic) bond motifs is 4. The Labute approximate surface area is 229 Å². The third-order valence-electron chi connectivity index (χ3n) is 7.19. The predicted octanol–water partition coefficient (Wildman–Crippen LogP) is 6.90. The van der Waals surface area contributed by atoms with Crippen LogP contribution < -0.4 is 4.90 Å². The van der Waals surface area contributed by atoms with Crippen molar-refractivity contribution in [3.8, 4) is 11.1 Å². The number of H-pyrrole nitrogens is 1. The number of amides is 1. The zero-order valence-corrected chi connectivity index (χ0v) is 23.6. The van der Waals surface area contributed by atoms with Gasteiger partial charge in [0.1, 0.15) is 11.8 Å². The second-order valence-electron chi connectivity index (χ2n) is 11.2. The largest absolute Gasteiger partial charge is 0.467 e. The molecule has 2 heterocycles. The number of ether oxygens (including phenoxy) is 2. The molecule has 1 aliphatic carbocycles. The minimum atomic E-state index is -1.03. The van der Waals surface area contributed by atoms with Gasteiger partial charge in [-0.15, -0.1) is 0 Å². The summed E-state index contributed by atoms with van der Waals surface area (Å²) in [5.74, 6) is -0.401. The molecule has 2 aromatic carbocycles. The zero-order chi connectivity index (χ0) is 28.4. The number of aryl methyl sites for hydroxylation is 2. The third-order valence-corrected chi connectivity index (χ3v) is 7.19. The van der Waals surface area contributed by atoms with Gasteiger partial charge in [-0.3, -0.25) is 10.00 Å². The molecule has 2 aliphatic rings. The fraction of sp³-hybridized carbons (Fsp3) is 0.452. The summed E-state index contributed by atoms with van der Waals surface area (Å²) < 4.78 is 23.8. The van der Waals surface area contributed by atoms with Gasteiger partial charge >= 0.3 is 12.1 Å². The van der Waals surface area contributed by atoms with Gasteiger partial charge in [0.2, 0.25) is 0 Å². The average Bonchev–Trinajstić information content (AvgIpc) is 3.50. The average molecular weight is 536 g/mol. The molecule has 0 spiro atoms. The summed E-state index contributed by atoms with van der Waals surface area (Å²) >= 11 is 0. The second-order valence-corrected chi connectivity index (χ2v) is 11.2. The molecule has 0 saturated heterocycles. The van der Waals surface area contributed by atoms with Crippen LogP contribution in [0.2, 0.25) is 0 Å². The molecule has 5 rings (SSSR count). The topological polar surface area (TPSA) is 84.5 Å². The van der Waals surface area contributed by atoms with Crippen molar-refractivity contribution < 1.29 is 23.5 Å². The van der Waals surface area contributed by atoms with Crippen LogP contribution in [0.1, 0.15) is 76.0 Å². The highest BCUT2D eigenvalue weighted by atomic mass is 19.1. The van der Waals surface area contributed by atoms with Crippen molar-refractivity contribution in [1.29, 1.82) is 0 Å². The molecule has 2 atom stereocenters. The SMILES string of the molecule is CCCC1(C(=O)OC)Cc2ccccc2N1C(=O)OC(C)(C)C.C[C@H](F)c1ccc2c(c1)CCc1[nH]ncc1-2. The highest BCUT2D eigenvalue weighted by Crippen LogP contribution is 2.43. The highest BCUT2D eigenvalue weighted by molar-refractivity contribution is 6.02. The zero-order valence-electron chi connectivity index (χ0n) is 23.6. The van der Waals surface area contributed by atoms with Crippen molar-refractivity contribution in [1.82, 2.24) is 10.2 Å². The van der Waals surface area contributed by atoms with E-state index in [0.29, 0.717) is 12.8 Å². The Morgan fingerprint density at radius 3 is 2.54 bits per heavy atom. The Kier molecular flexibility index (Phi) is 8.14. The number of carbonyl (C=O) groups excluding carboxylic acids is 2. The molecular weight excluding hydrogens is 497 g/mol. The molecule has 0 saturated carbocycles. The van der Waals surface area contributed by atoms with Crippen molar-refractivity contribution >= 4 is 17.7 Å². The van der Waals surface area contributed by atoms with Gasteiger partial charge in [0.05, 0.1) is 19.0 Å².